The number of unbranched alkanes of at least 4 members (excludes halogenated alkanes) is 1. The molecule has 78 valence electrons. The van der Waals surface area contributed by atoms with E-state index in [1.807, 2.05) is 17.0 Å². The van der Waals surface area contributed by atoms with Crippen LogP contribution in [0.2, 0.25) is 0 Å². The monoisotopic (exact) mass is 194 g/mol. The molecule has 0 atom stereocenters. The van der Waals surface area contributed by atoms with Crippen molar-refractivity contribution in [3.8, 4) is 0 Å². The molecule has 14 heavy (non-hydrogen) atoms. The second-order valence-electron chi connectivity index (χ2n) is 3.20. The molecule has 0 aliphatic carbocycles. The molecular formula is C10H18N4. The Bertz CT molecular complexity index is 230. The summed E-state index contributed by atoms with van der Waals surface area (Å²) in [6.07, 6.45) is 8.91. The van der Waals surface area contributed by atoms with Gasteiger partial charge in [0.1, 0.15) is 0 Å². The van der Waals surface area contributed by atoms with Crippen LogP contribution in [0.25, 0.3) is 0 Å². The summed E-state index contributed by atoms with van der Waals surface area (Å²) in [5.74, 6) is 0. The van der Waals surface area contributed by atoms with Crippen LogP contribution in [-0.2, 0) is 6.54 Å². The zero-order chi connectivity index (χ0) is 10.1. The van der Waals surface area contributed by atoms with Gasteiger partial charge < -0.3 is 5.32 Å². The maximum absolute atomic E-state index is 3.89. The lowest BCUT2D eigenvalue weighted by Crippen LogP contribution is -2.18. The summed E-state index contributed by atoms with van der Waals surface area (Å²) >= 11 is 0. The van der Waals surface area contributed by atoms with Crippen molar-refractivity contribution in [3.63, 3.8) is 0 Å². The highest BCUT2D eigenvalue weighted by molar-refractivity contribution is 4.66. The van der Waals surface area contributed by atoms with E-state index in [0.717, 1.165) is 32.5 Å². The first kappa shape index (κ1) is 10.9. The highest BCUT2D eigenvalue weighted by Crippen LogP contribution is 1.88. The lowest BCUT2D eigenvalue weighted by Gasteiger charge is -2.03. The van der Waals surface area contributed by atoms with Crippen LogP contribution in [0, 0.1) is 0 Å². The van der Waals surface area contributed by atoms with Gasteiger partial charge in [0.25, 0.3) is 0 Å². The zero-order valence-electron chi connectivity index (χ0n) is 8.52. The molecular weight excluding hydrogens is 176 g/mol. The molecule has 0 aliphatic heterocycles. The molecule has 0 bridgehead atoms. The van der Waals surface area contributed by atoms with Crippen LogP contribution in [0.15, 0.2) is 25.0 Å². The van der Waals surface area contributed by atoms with Crippen LogP contribution in [0.3, 0.4) is 0 Å². The molecule has 0 unspecified atom stereocenters. The average Bonchev–Trinajstić information content (AvgIpc) is 2.69. The van der Waals surface area contributed by atoms with Crippen molar-refractivity contribution in [2.24, 2.45) is 0 Å². The third-order valence-electron chi connectivity index (χ3n) is 1.97. The third kappa shape index (κ3) is 4.77. The topological polar surface area (TPSA) is 42.7 Å². The Balaban J connectivity index is 1.87. The van der Waals surface area contributed by atoms with Gasteiger partial charge in [-0.05, 0) is 32.4 Å². The highest BCUT2D eigenvalue weighted by Gasteiger charge is 1.91. The largest absolute Gasteiger partial charge is 0.317 e. The predicted molar refractivity (Wildman–Crippen MR) is 56.9 cm³/mol. The first-order chi connectivity index (χ1) is 6.93. The fraction of sp³-hybridized carbons (Fsp3) is 0.600. The van der Waals surface area contributed by atoms with E-state index >= 15 is 0 Å². The van der Waals surface area contributed by atoms with Gasteiger partial charge in [-0.3, -0.25) is 4.68 Å². The summed E-state index contributed by atoms with van der Waals surface area (Å²) in [6.45, 7) is 6.73. The van der Waals surface area contributed by atoms with E-state index in [1.54, 1.807) is 6.20 Å². The molecule has 1 N–H and O–H groups in total. The first-order valence-corrected chi connectivity index (χ1v) is 5.09. The van der Waals surface area contributed by atoms with E-state index in [1.165, 1.54) is 6.42 Å². The number of nitrogens with one attached hydrogen (secondary N) is 1. The molecule has 0 saturated heterocycles. The van der Waals surface area contributed by atoms with Gasteiger partial charge >= 0.3 is 0 Å². The maximum atomic E-state index is 3.89. The number of nitrogens with zero attached hydrogens (tertiary/aromatic N) is 3. The van der Waals surface area contributed by atoms with Crippen molar-refractivity contribution in [2.75, 3.05) is 13.1 Å². The molecule has 0 fully saturated rings. The summed E-state index contributed by atoms with van der Waals surface area (Å²) in [7, 11) is 0. The van der Waals surface area contributed by atoms with Crippen molar-refractivity contribution in [1.82, 2.24) is 20.3 Å². The summed E-state index contributed by atoms with van der Waals surface area (Å²) in [4.78, 5) is 0. The Kier molecular flexibility index (Phi) is 5.66. The van der Waals surface area contributed by atoms with Gasteiger partial charge in [0, 0.05) is 12.7 Å². The molecule has 0 saturated carbocycles. The molecule has 1 rings (SSSR count). The van der Waals surface area contributed by atoms with Crippen LogP contribution in [-0.4, -0.2) is 28.1 Å². The fourth-order valence-corrected chi connectivity index (χ4v) is 1.21. The Morgan fingerprint density at radius 1 is 1.36 bits per heavy atom. The fourth-order valence-electron chi connectivity index (χ4n) is 1.21. The Labute approximate surface area is 85.0 Å². The lowest BCUT2D eigenvalue weighted by molar-refractivity contribution is 0.527. The number of aryl methyl sites for hydroxylation is 1. The number of hydrogen-bond donors (Lipinski definition) is 1. The molecule has 4 nitrogen and oxygen atoms in total. The number of hydrogen-bond acceptors (Lipinski definition) is 3. The average molecular weight is 194 g/mol. The Morgan fingerprint density at radius 2 is 2.21 bits per heavy atom. The molecule has 0 radical (unpaired) electrons. The van der Waals surface area contributed by atoms with Gasteiger partial charge in [-0.15, -0.1) is 11.7 Å². The van der Waals surface area contributed by atoms with E-state index in [2.05, 4.69) is 22.2 Å². The predicted octanol–water partition coefficient (Wildman–Crippen LogP) is 1.22. The van der Waals surface area contributed by atoms with E-state index in [4.69, 9.17) is 0 Å². The minimum Gasteiger partial charge on any atom is -0.317 e. The molecule has 1 aromatic rings. The van der Waals surface area contributed by atoms with Crippen molar-refractivity contribution in [3.05, 3.63) is 25.0 Å². The van der Waals surface area contributed by atoms with Gasteiger partial charge in [0.15, 0.2) is 0 Å². The first-order valence-electron chi connectivity index (χ1n) is 5.09. The maximum Gasteiger partial charge on any atom is 0.0692 e. The normalized spacial score (nSPS) is 10.3. The summed E-state index contributed by atoms with van der Waals surface area (Å²) in [5, 5.41) is 11.0. The standard InChI is InChI=1S/C10H18N4/c1-2-3-4-6-11-7-5-9-14-10-8-12-13-14/h2,8,10-11H,1,3-7,9H2. The van der Waals surface area contributed by atoms with Crippen LogP contribution in [0.5, 0.6) is 0 Å². The van der Waals surface area contributed by atoms with Gasteiger partial charge in [-0.2, -0.15) is 0 Å². The summed E-state index contributed by atoms with van der Waals surface area (Å²) in [5.41, 5.74) is 0. The molecule has 0 spiro atoms. The Hall–Kier alpha value is -1.16. The minimum absolute atomic E-state index is 0.939. The van der Waals surface area contributed by atoms with E-state index < -0.39 is 0 Å². The van der Waals surface area contributed by atoms with E-state index in [0.29, 0.717) is 0 Å². The SMILES string of the molecule is C=CCCCNCCCn1ccnn1. The van der Waals surface area contributed by atoms with Gasteiger partial charge in [0.05, 0.1) is 6.20 Å². The molecule has 1 aromatic heterocycles. The summed E-state index contributed by atoms with van der Waals surface area (Å²) < 4.78 is 1.85. The molecule has 1 heterocycles. The van der Waals surface area contributed by atoms with Crippen LogP contribution in [0.4, 0.5) is 0 Å². The third-order valence-corrected chi connectivity index (χ3v) is 1.97. The van der Waals surface area contributed by atoms with Crippen LogP contribution in [0.1, 0.15) is 19.3 Å². The van der Waals surface area contributed by atoms with Gasteiger partial charge in [-0.25, -0.2) is 0 Å². The highest BCUT2D eigenvalue weighted by atomic mass is 15.4. The number of allylic oxidation sites excluding steroid dienone is 1. The lowest BCUT2D eigenvalue weighted by atomic mass is 10.3. The summed E-state index contributed by atoms with van der Waals surface area (Å²) in [6, 6.07) is 0. The molecule has 0 amide bonds. The molecule has 0 aliphatic rings. The number of aromatic nitrogens is 3. The van der Waals surface area contributed by atoms with Gasteiger partial charge in [0.2, 0.25) is 0 Å². The van der Waals surface area contributed by atoms with Crippen molar-refractivity contribution in [1.29, 1.82) is 0 Å². The van der Waals surface area contributed by atoms with Crippen LogP contribution >= 0.6 is 0 Å². The molecule has 4 heteroatoms. The van der Waals surface area contributed by atoms with Crippen molar-refractivity contribution < 1.29 is 0 Å². The minimum atomic E-state index is 0.939. The van der Waals surface area contributed by atoms with Crippen molar-refractivity contribution in [2.45, 2.75) is 25.8 Å². The molecule has 0 aromatic carbocycles. The van der Waals surface area contributed by atoms with Crippen molar-refractivity contribution >= 4 is 0 Å². The second-order valence-corrected chi connectivity index (χ2v) is 3.20. The zero-order valence-corrected chi connectivity index (χ0v) is 8.52. The Morgan fingerprint density at radius 3 is 2.93 bits per heavy atom. The quantitative estimate of drug-likeness (QED) is 0.500. The van der Waals surface area contributed by atoms with E-state index in [-0.39, 0.29) is 0 Å². The second kappa shape index (κ2) is 7.26. The van der Waals surface area contributed by atoms with Crippen LogP contribution < -0.4 is 5.32 Å². The van der Waals surface area contributed by atoms with Gasteiger partial charge in [-0.1, -0.05) is 11.3 Å². The smallest absolute Gasteiger partial charge is 0.0692 e. The number of rotatable bonds is 8. The van der Waals surface area contributed by atoms with E-state index in [9.17, 15) is 0 Å².